The van der Waals surface area contributed by atoms with E-state index < -0.39 is 27.7 Å². The fourth-order valence-electron chi connectivity index (χ4n) is 3.87. The molecule has 9 heteroatoms. The molecule has 0 aliphatic rings. The number of hydrogen-bond acceptors (Lipinski definition) is 6. The molecule has 0 amide bonds. The average Bonchev–Trinajstić information content (AvgIpc) is 2.90. The number of aryl methyl sites for hydroxylation is 1. The number of carbonyl (C=O) groups is 1. The van der Waals surface area contributed by atoms with Gasteiger partial charge in [0, 0.05) is 12.8 Å². The molecule has 39 heavy (non-hydrogen) atoms. The Labute approximate surface area is 229 Å². The average molecular weight is 554 g/mol. The van der Waals surface area contributed by atoms with Crippen molar-refractivity contribution in [2.24, 2.45) is 0 Å². The highest BCUT2D eigenvalue weighted by molar-refractivity contribution is 7.92. The van der Waals surface area contributed by atoms with E-state index in [2.05, 4.69) is 0 Å². The molecule has 0 heterocycles. The van der Waals surface area contributed by atoms with Crippen LogP contribution in [-0.2, 0) is 21.2 Å². The van der Waals surface area contributed by atoms with E-state index in [0.717, 1.165) is 5.56 Å². The summed E-state index contributed by atoms with van der Waals surface area (Å²) in [4.78, 5) is 11.0. The van der Waals surface area contributed by atoms with Crippen LogP contribution >= 0.6 is 0 Å². The number of hydrogen-bond donors (Lipinski definition) is 3. The highest BCUT2D eigenvalue weighted by atomic mass is 32.2. The van der Waals surface area contributed by atoms with Crippen LogP contribution in [0.3, 0.4) is 0 Å². The van der Waals surface area contributed by atoms with Crippen LogP contribution in [0.25, 0.3) is 6.08 Å². The molecular formula is C30H35NO7S. The number of aliphatic carboxylic acids is 1. The standard InChI is InChI=1S/C30H35NO7S/c1-30(2,35)22-31(39(36,37)27-12-4-3-5-13-27)25-11-8-9-23(21-25)15-17-26(32)19-20-38-28-14-7-6-10-24(28)16-18-29(33)34/h3-15,17,21,26,32,35H,16,18-20,22H2,1-2H3,(H,33,34)/b17-15+/t26-/m0/s1. The Morgan fingerprint density at radius 2 is 1.72 bits per heavy atom. The molecule has 0 aliphatic carbocycles. The van der Waals surface area contributed by atoms with E-state index in [4.69, 9.17) is 9.84 Å². The zero-order valence-corrected chi connectivity index (χ0v) is 22.9. The third kappa shape index (κ3) is 9.24. The van der Waals surface area contributed by atoms with Crippen molar-refractivity contribution in [1.29, 1.82) is 0 Å². The van der Waals surface area contributed by atoms with E-state index in [0.29, 0.717) is 29.8 Å². The monoisotopic (exact) mass is 553 g/mol. The van der Waals surface area contributed by atoms with Gasteiger partial charge in [-0.3, -0.25) is 9.10 Å². The lowest BCUT2D eigenvalue weighted by Crippen LogP contribution is -2.42. The third-order valence-electron chi connectivity index (χ3n) is 5.78. The molecule has 0 bridgehead atoms. The van der Waals surface area contributed by atoms with Crippen molar-refractivity contribution >= 4 is 27.8 Å². The van der Waals surface area contributed by atoms with E-state index in [1.54, 1.807) is 74.5 Å². The van der Waals surface area contributed by atoms with Crippen LogP contribution in [0.4, 0.5) is 5.69 Å². The van der Waals surface area contributed by atoms with Crippen molar-refractivity contribution in [1.82, 2.24) is 0 Å². The van der Waals surface area contributed by atoms with Gasteiger partial charge in [0.25, 0.3) is 10.0 Å². The number of nitrogens with zero attached hydrogens (tertiary/aromatic N) is 1. The molecule has 0 unspecified atom stereocenters. The minimum atomic E-state index is -3.94. The summed E-state index contributed by atoms with van der Waals surface area (Å²) in [5.74, 6) is -0.288. The second kappa shape index (κ2) is 13.4. The number of aliphatic hydroxyl groups excluding tert-OH is 1. The Morgan fingerprint density at radius 1 is 1.03 bits per heavy atom. The number of carboxylic acid groups (broad SMARTS) is 1. The second-order valence-corrected chi connectivity index (χ2v) is 11.7. The van der Waals surface area contributed by atoms with Gasteiger partial charge in [0.2, 0.25) is 0 Å². The molecule has 208 valence electrons. The number of sulfonamides is 1. The zero-order valence-electron chi connectivity index (χ0n) is 22.1. The molecular weight excluding hydrogens is 518 g/mol. The maximum Gasteiger partial charge on any atom is 0.303 e. The lowest BCUT2D eigenvalue weighted by atomic mass is 10.1. The molecule has 8 nitrogen and oxygen atoms in total. The fourth-order valence-corrected chi connectivity index (χ4v) is 5.50. The first-order valence-corrected chi connectivity index (χ1v) is 14.1. The molecule has 3 aromatic rings. The van der Waals surface area contributed by atoms with Crippen LogP contribution in [-0.4, -0.2) is 54.6 Å². The number of anilines is 1. The molecule has 3 aromatic carbocycles. The predicted octanol–water partition coefficient (Wildman–Crippen LogP) is 4.51. The maximum atomic E-state index is 13.4. The normalized spacial score (nSPS) is 12.8. The highest BCUT2D eigenvalue weighted by Crippen LogP contribution is 2.27. The van der Waals surface area contributed by atoms with Crippen LogP contribution in [0, 0.1) is 0 Å². The number of para-hydroxylation sites is 1. The summed E-state index contributed by atoms with van der Waals surface area (Å²) in [6.45, 7) is 3.18. The van der Waals surface area contributed by atoms with Crippen LogP contribution in [0.15, 0.2) is 89.8 Å². The van der Waals surface area contributed by atoms with E-state index in [-0.39, 0.29) is 24.5 Å². The van der Waals surface area contributed by atoms with Crippen molar-refractivity contribution in [3.63, 3.8) is 0 Å². The van der Waals surface area contributed by atoms with Gasteiger partial charge in [-0.15, -0.1) is 0 Å². The van der Waals surface area contributed by atoms with Crippen molar-refractivity contribution in [2.45, 2.75) is 49.7 Å². The van der Waals surface area contributed by atoms with Crippen molar-refractivity contribution in [2.75, 3.05) is 17.5 Å². The maximum absolute atomic E-state index is 13.4. The zero-order chi connectivity index (χ0) is 28.5. The number of rotatable bonds is 14. The summed E-state index contributed by atoms with van der Waals surface area (Å²) < 4.78 is 33.8. The van der Waals surface area contributed by atoms with E-state index >= 15 is 0 Å². The SMILES string of the molecule is CC(C)(O)CN(c1cccc(/C=C/[C@H](O)CCOc2ccccc2CCC(=O)O)c1)S(=O)(=O)c1ccccc1. The van der Waals surface area contributed by atoms with Gasteiger partial charge in [0.1, 0.15) is 5.75 Å². The van der Waals surface area contributed by atoms with Gasteiger partial charge in [-0.1, -0.05) is 60.7 Å². The van der Waals surface area contributed by atoms with Crippen LogP contribution < -0.4 is 9.04 Å². The fraction of sp³-hybridized carbons (Fsp3) is 0.300. The molecule has 0 spiro atoms. The molecule has 0 saturated heterocycles. The van der Waals surface area contributed by atoms with Gasteiger partial charge in [-0.25, -0.2) is 8.42 Å². The van der Waals surface area contributed by atoms with E-state index in [9.17, 15) is 23.4 Å². The third-order valence-corrected chi connectivity index (χ3v) is 7.57. The summed E-state index contributed by atoms with van der Waals surface area (Å²) in [7, 11) is -3.94. The van der Waals surface area contributed by atoms with Crippen molar-refractivity contribution in [3.8, 4) is 5.75 Å². The van der Waals surface area contributed by atoms with Crippen molar-refractivity contribution in [3.05, 3.63) is 96.1 Å². The number of aliphatic hydroxyl groups is 2. The van der Waals surface area contributed by atoms with Gasteiger partial charge in [0.15, 0.2) is 0 Å². The van der Waals surface area contributed by atoms with Crippen LogP contribution in [0.2, 0.25) is 0 Å². The molecule has 3 rings (SSSR count). The largest absolute Gasteiger partial charge is 0.493 e. The molecule has 0 radical (unpaired) electrons. The van der Waals surface area contributed by atoms with Crippen LogP contribution in [0.1, 0.15) is 37.8 Å². The Kier molecular flexibility index (Phi) is 10.3. The van der Waals surface area contributed by atoms with Crippen LogP contribution in [0.5, 0.6) is 5.75 Å². The Morgan fingerprint density at radius 3 is 2.41 bits per heavy atom. The van der Waals surface area contributed by atoms with Crippen molar-refractivity contribution < 1.29 is 33.3 Å². The summed E-state index contributed by atoms with van der Waals surface area (Å²) >= 11 is 0. The minimum absolute atomic E-state index is 0.00464. The lowest BCUT2D eigenvalue weighted by molar-refractivity contribution is -0.136. The van der Waals surface area contributed by atoms with Gasteiger partial charge >= 0.3 is 5.97 Å². The minimum Gasteiger partial charge on any atom is -0.493 e. The van der Waals surface area contributed by atoms with Gasteiger partial charge in [-0.05, 0) is 61.7 Å². The van der Waals surface area contributed by atoms with Gasteiger partial charge < -0.3 is 20.1 Å². The highest BCUT2D eigenvalue weighted by Gasteiger charge is 2.30. The number of benzene rings is 3. The van der Waals surface area contributed by atoms with Gasteiger partial charge in [-0.2, -0.15) is 0 Å². The first-order valence-electron chi connectivity index (χ1n) is 12.6. The summed E-state index contributed by atoms with van der Waals surface area (Å²) in [6.07, 6.45) is 3.15. The Bertz CT molecular complexity index is 1370. The predicted molar refractivity (Wildman–Crippen MR) is 151 cm³/mol. The summed E-state index contributed by atoms with van der Waals surface area (Å²) in [6, 6.07) is 22.1. The Balaban J connectivity index is 1.69. The summed E-state index contributed by atoms with van der Waals surface area (Å²) in [5.41, 5.74) is 0.577. The molecule has 3 N–H and O–H groups in total. The molecule has 0 saturated carbocycles. The topological polar surface area (TPSA) is 124 Å². The van der Waals surface area contributed by atoms with E-state index in [1.807, 2.05) is 18.2 Å². The number of ether oxygens (including phenoxy) is 1. The lowest BCUT2D eigenvalue weighted by Gasteiger charge is -2.30. The summed E-state index contributed by atoms with van der Waals surface area (Å²) in [5, 5.41) is 29.8. The molecule has 1 atom stereocenters. The van der Waals surface area contributed by atoms with Gasteiger partial charge in [0.05, 0.1) is 35.4 Å². The first-order chi connectivity index (χ1) is 18.5. The Hall–Kier alpha value is -3.66. The quantitative estimate of drug-likeness (QED) is 0.268. The number of carboxylic acids is 1. The molecule has 0 fully saturated rings. The first kappa shape index (κ1) is 29.9. The van der Waals surface area contributed by atoms with E-state index in [1.165, 1.54) is 16.4 Å². The second-order valence-electron chi connectivity index (χ2n) is 9.80. The molecule has 0 aromatic heterocycles. The smallest absolute Gasteiger partial charge is 0.303 e. The molecule has 0 aliphatic heterocycles.